The van der Waals surface area contributed by atoms with Gasteiger partial charge >= 0.3 is 0 Å². The molecule has 2 aliphatic heterocycles. The Labute approximate surface area is 158 Å². The Kier molecular flexibility index (Phi) is 5.75. The van der Waals surface area contributed by atoms with E-state index in [1.807, 2.05) is 7.05 Å². The van der Waals surface area contributed by atoms with Gasteiger partial charge < -0.3 is 9.80 Å². The van der Waals surface area contributed by atoms with Gasteiger partial charge in [-0.1, -0.05) is 0 Å². The van der Waals surface area contributed by atoms with Crippen LogP contribution in [-0.2, 0) is 10.2 Å². The lowest BCUT2D eigenvalue weighted by Gasteiger charge is -2.39. The molecule has 2 aliphatic rings. The third kappa shape index (κ3) is 4.26. The van der Waals surface area contributed by atoms with Crippen LogP contribution in [0.4, 0.5) is 5.69 Å². The Bertz CT molecular complexity index is 797. The van der Waals surface area contributed by atoms with Crippen molar-refractivity contribution in [2.45, 2.75) is 0 Å². The molecule has 0 aliphatic carbocycles. The lowest BCUT2D eigenvalue weighted by atomic mass is 10.1. The van der Waals surface area contributed by atoms with E-state index in [0.717, 1.165) is 0 Å². The van der Waals surface area contributed by atoms with Gasteiger partial charge in [-0.05, 0) is 19.2 Å². The summed E-state index contributed by atoms with van der Waals surface area (Å²) in [5.74, 6) is -0.249. The maximum atomic E-state index is 12.8. The van der Waals surface area contributed by atoms with Gasteiger partial charge in [0.25, 0.3) is 21.8 Å². The second-order valence-corrected chi connectivity index (χ2v) is 8.63. The summed E-state index contributed by atoms with van der Waals surface area (Å²) in [5.41, 5.74) is 0.283. The van der Waals surface area contributed by atoms with E-state index in [-0.39, 0.29) is 24.7 Å². The molecule has 3 rings (SSSR count). The molecular weight excluding hydrogens is 374 g/mol. The smallest absolute Gasteiger partial charge is 0.282 e. The largest absolute Gasteiger partial charge is 0.336 e. The van der Waals surface area contributed by atoms with Crippen LogP contribution in [0.25, 0.3) is 0 Å². The predicted molar refractivity (Wildman–Crippen MR) is 98.6 cm³/mol. The number of piperazine rings is 2. The second-order valence-electron chi connectivity index (χ2n) is 6.71. The number of carbonyl (C=O) groups is 1. The van der Waals surface area contributed by atoms with Crippen LogP contribution >= 0.6 is 0 Å². The molecular formula is C16H23N5O5S. The standard InChI is InChI=1S/C16H23N5O5S/c1-17-6-10-19(11-7-17)27(25,26)20-12-8-18(9-13-20)16(22)14-2-4-15(5-3-14)21(23)24/h2-5H,6-13H2,1H3. The summed E-state index contributed by atoms with van der Waals surface area (Å²) >= 11 is 0. The average molecular weight is 397 g/mol. The summed E-state index contributed by atoms with van der Waals surface area (Å²) in [7, 11) is -1.55. The number of carbonyl (C=O) groups excluding carboxylic acids is 1. The highest BCUT2D eigenvalue weighted by Crippen LogP contribution is 2.17. The first kappa shape index (κ1) is 19.7. The van der Waals surface area contributed by atoms with Gasteiger partial charge in [0.15, 0.2) is 0 Å². The number of hydrogen-bond acceptors (Lipinski definition) is 6. The number of nitro benzene ring substituents is 1. The molecule has 0 aromatic heterocycles. The van der Waals surface area contributed by atoms with Crippen LogP contribution in [0.2, 0.25) is 0 Å². The average Bonchev–Trinajstić information content (AvgIpc) is 2.68. The van der Waals surface area contributed by atoms with Gasteiger partial charge in [0, 0.05) is 70.1 Å². The van der Waals surface area contributed by atoms with Crippen molar-refractivity contribution in [1.29, 1.82) is 0 Å². The first-order chi connectivity index (χ1) is 12.8. The van der Waals surface area contributed by atoms with Crippen LogP contribution in [0.15, 0.2) is 24.3 Å². The second kappa shape index (κ2) is 7.89. The molecule has 1 aromatic rings. The van der Waals surface area contributed by atoms with Gasteiger partial charge in [-0.25, -0.2) is 0 Å². The van der Waals surface area contributed by atoms with Gasteiger partial charge in [-0.3, -0.25) is 14.9 Å². The predicted octanol–water partition coefficient (Wildman–Crippen LogP) is -0.155. The van der Waals surface area contributed by atoms with Crippen LogP contribution < -0.4 is 0 Å². The molecule has 0 N–H and O–H groups in total. The van der Waals surface area contributed by atoms with Gasteiger partial charge in [-0.15, -0.1) is 0 Å². The summed E-state index contributed by atoms with van der Waals surface area (Å²) in [5, 5.41) is 10.7. The molecule has 2 heterocycles. The minimum Gasteiger partial charge on any atom is -0.336 e. The molecule has 2 saturated heterocycles. The Morgan fingerprint density at radius 2 is 1.41 bits per heavy atom. The minimum atomic E-state index is -3.51. The third-order valence-corrected chi connectivity index (χ3v) is 7.00. The monoisotopic (exact) mass is 397 g/mol. The van der Waals surface area contributed by atoms with Gasteiger partial charge in [-0.2, -0.15) is 17.0 Å². The summed E-state index contributed by atoms with van der Waals surface area (Å²) < 4.78 is 28.5. The van der Waals surface area contributed by atoms with Gasteiger partial charge in [0.05, 0.1) is 4.92 Å². The number of amides is 1. The molecule has 11 heteroatoms. The van der Waals surface area contributed by atoms with Crippen LogP contribution in [-0.4, -0.2) is 97.1 Å². The first-order valence-corrected chi connectivity index (χ1v) is 10.2. The lowest BCUT2D eigenvalue weighted by molar-refractivity contribution is -0.384. The number of likely N-dealkylation sites (N-methyl/N-ethyl adjacent to an activating group) is 1. The van der Waals surface area contributed by atoms with Crippen molar-refractivity contribution in [3.8, 4) is 0 Å². The fourth-order valence-corrected chi connectivity index (χ4v) is 4.79. The molecule has 10 nitrogen and oxygen atoms in total. The maximum absolute atomic E-state index is 12.8. The number of nitrogens with zero attached hydrogens (tertiary/aromatic N) is 5. The summed E-state index contributed by atoms with van der Waals surface area (Å²) in [6.45, 7) is 3.43. The van der Waals surface area contributed by atoms with Crippen molar-refractivity contribution in [2.75, 3.05) is 59.4 Å². The Morgan fingerprint density at radius 3 is 1.89 bits per heavy atom. The van der Waals surface area contributed by atoms with E-state index in [1.165, 1.54) is 32.9 Å². The molecule has 148 valence electrons. The van der Waals surface area contributed by atoms with Crippen molar-refractivity contribution in [2.24, 2.45) is 0 Å². The van der Waals surface area contributed by atoms with Crippen LogP contribution in [0.3, 0.4) is 0 Å². The van der Waals surface area contributed by atoms with E-state index in [9.17, 15) is 23.3 Å². The first-order valence-electron chi connectivity index (χ1n) is 8.76. The van der Waals surface area contributed by atoms with E-state index in [4.69, 9.17) is 0 Å². The van der Waals surface area contributed by atoms with E-state index in [1.54, 1.807) is 4.90 Å². The number of nitro groups is 1. The van der Waals surface area contributed by atoms with E-state index >= 15 is 0 Å². The summed E-state index contributed by atoms with van der Waals surface area (Å²) in [6, 6.07) is 5.43. The Balaban J connectivity index is 1.59. The molecule has 27 heavy (non-hydrogen) atoms. The van der Waals surface area contributed by atoms with E-state index < -0.39 is 15.1 Å². The molecule has 2 fully saturated rings. The summed E-state index contributed by atoms with van der Waals surface area (Å²) in [4.78, 5) is 26.4. The molecule has 0 radical (unpaired) electrons. The highest BCUT2D eigenvalue weighted by molar-refractivity contribution is 7.86. The quantitative estimate of drug-likeness (QED) is 0.516. The number of rotatable bonds is 4. The topological polar surface area (TPSA) is 107 Å². The van der Waals surface area contributed by atoms with Crippen LogP contribution in [0, 0.1) is 10.1 Å². The van der Waals surface area contributed by atoms with Crippen molar-refractivity contribution in [1.82, 2.24) is 18.4 Å². The van der Waals surface area contributed by atoms with Crippen molar-refractivity contribution in [3.63, 3.8) is 0 Å². The normalized spacial score (nSPS) is 20.6. The van der Waals surface area contributed by atoms with Crippen molar-refractivity contribution < 1.29 is 18.1 Å². The van der Waals surface area contributed by atoms with Crippen LogP contribution in [0.1, 0.15) is 10.4 Å². The molecule has 1 amide bonds. The maximum Gasteiger partial charge on any atom is 0.282 e. The fourth-order valence-electron chi connectivity index (χ4n) is 3.21. The SMILES string of the molecule is CN1CCN(S(=O)(=O)N2CCN(C(=O)c3ccc([N+](=O)[O-])cc3)CC2)CC1. The Morgan fingerprint density at radius 1 is 0.926 bits per heavy atom. The molecule has 1 aromatic carbocycles. The molecule has 0 atom stereocenters. The highest BCUT2D eigenvalue weighted by atomic mass is 32.2. The van der Waals surface area contributed by atoms with Gasteiger partial charge in [0.2, 0.25) is 0 Å². The van der Waals surface area contributed by atoms with E-state index in [2.05, 4.69) is 4.90 Å². The third-order valence-electron chi connectivity index (χ3n) is 4.97. The van der Waals surface area contributed by atoms with Gasteiger partial charge in [0.1, 0.15) is 0 Å². The Hall–Kier alpha value is -2.08. The number of hydrogen-bond donors (Lipinski definition) is 0. The molecule has 0 bridgehead atoms. The van der Waals surface area contributed by atoms with E-state index in [0.29, 0.717) is 44.8 Å². The van der Waals surface area contributed by atoms with Crippen molar-refractivity contribution in [3.05, 3.63) is 39.9 Å². The highest BCUT2D eigenvalue weighted by Gasteiger charge is 2.34. The zero-order chi connectivity index (χ0) is 19.6. The summed E-state index contributed by atoms with van der Waals surface area (Å²) in [6.07, 6.45) is 0. The lowest BCUT2D eigenvalue weighted by Crippen LogP contribution is -2.57. The zero-order valence-corrected chi connectivity index (χ0v) is 16.0. The number of non-ortho nitro benzene ring substituents is 1. The fraction of sp³-hybridized carbons (Fsp3) is 0.562. The molecule has 0 saturated carbocycles. The van der Waals surface area contributed by atoms with Crippen molar-refractivity contribution >= 4 is 21.8 Å². The molecule has 0 unspecified atom stereocenters. The zero-order valence-electron chi connectivity index (χ0n) is 15.2. The molecule has 0 spiro atoms. The van der Waals surface area contributed by atoms with Crippen LogP contribution in [0.5, 0.6) is 0 Å². The number of benzene rings is 1. The minimum absolute atomic E-state index is 0.0744.